The van der Waals surface area contributed by atoms with Gasteiger partial charge in [0.05, 0.1) is 7.11 Å². The Bertz CT molecular complexity index is 418. The summed E-state index contributed by atoms with van der Waals surface area (Å²) in [5, 5.41) is 2.75. The number of methoxy groups -OCH3 is 1. The van der Waals surface area contributed by atoms with Crippen LogP contribution in [0.15, 0.2) is 24.3 Å². The molecule has 98 valence electrons. The zero-order chi connectivity index (χ0) is 13.4. The summed E-state index contributed by atoms with van der Waals surface area (Å²) in [7, 11) is 1.35. The first-order valence-corrected chi connectivity index (χ1v) is 5.82. The fourth-order valence-corrected chi connectivity index (χ4v) is 1.55. The fourth-order valence-electron chi connectivity index (χ4n) is 1.55. The summed E-state index contributed by atoms with van der Waals surface area (Å²) >= 11 is 0. The van der Waals surface area contributed by atoms with E-state index < -0.39 is 0 Å². The highest BCUT2D eigenvalue weighted by Crippen LogP contribution is 2.07. The van der Waals surface area contributed by atoms with Gasteiger partial charge in [-0.05, 0) is 18.1 Å². The molecular formula is C13H18N2O3. The summed E-state index contributed by atoms with van der Waals surface area (Å²) in [5.41, 5.74) is 6.95. The lowest BCUT2D eigenvalue weighted by Gasteiger charge is -2.08. The second kappa shape index (κ2) is 7.45. The van der Waals surface area contributed by atoms with Crippen molar-refractivity contribution in [3.63, 3.8) is 0 Å². The van der Waals surface area contributed by atoms with E-state index in [1.165, 1.54) is 7.11 Å². The zero-order valence-corrected chi connectivity index (χ0v) is 10.4. The number of amides is 1. The second-order valence-corrected chi connectivity index (χ2v) is 3.80. The molecule has 0 heterocycles. The van der Waals surface area contributed by atoms with Crippen LogP contribution in [0.25, 0.3) is 0 Å². The summed E-state index contributed by atoms with van der Waals surface area (Å²) in [5.74, 6) is -0.437. The molecule has 0 saturated heterocycles. The minimum atomic E-state index is -0.272. The van der Waals surface area contributed by atoms with Crippen molar-refractivity contribution in [2.24, 2.45) is 5.73 Å². The highest BCUT2D eigenvalue weighted by molar-refractivity contribution is 5.95. The quantitative estimate of drug-likeness (QED) is 0.578. The monoisotopic (exact) mass is 250 g/mol. The molecule has 18 heavy (non-hydrogen) atoms. The van der Waals surface area contributed by atoms with E-state index in [0.29, 0.717) is 31.5 Å². The first-order valence-electron chi connectivity index (χ1n) is 5.82. The van der Waals surface area contributed by atoms with Gasteiger partial charge < -0.3 is 15.8 Å². The van der Waals surface area contributed by atoms with Crippen molar-refractivity contribution in [1.82, 2.24) is 5.32 Å². The number of hydrogen-bond acceptors (Lipinski definition) is 4. The van der Waals surface area contributed by atoms with Gasteiger partial charge in [0.15, 0.2) is 0 Å². The smallest absolute Gasteiger partial charge is 0.305 e. The third-order valence-electron chi connectivity index (χ3n) is 2.55. The molecule has 1 aromatic rings. The molecular weight excluding hydrogens is 232 g/mol. The van der Waals surface area contributed by atoms with Gasteiger partial charge in [-0.25, -0.2) is 0 Å². The lowest BCUT2D eigenvalue weighted by atomic mass is 10.1. The Hall–Kier alpha value is -1.88. The standard InChI is InChI=1S/C13H18N2O3/c1-18-12(16)7-4-8-15-13(17)11-6-3-2-5-10(11)9-14/h2-3,5-6H,4,7-9,14H2,1H3,(H,15,17). The van der Waals surface area contributed by atoms with E-state index in [0.717, 1.165) is 5.56 Å². The first kappa shape index (κ1) is 14.2. The number of carbonyl (C=O) groups is 2. The molecule has 5 heteroatoms. The molecule has 0 fully saturated rings. The minimum Gasteiger partial charge on any atom is -0.469 e. The maximum atomic E-state index is 11.9. The van der Waals surface area contributed by atoms with Crippen molar-refractivity contribution < 1.29 is 14.3 Å². The first-order chi connectivity index (χ1) is 8.69. The van der Waals surface area contributed by atoms with E-state index >= 15 is 0 Å². The summed E-state index contributed by atoms with van der Waals surface area (Å²) < 4.78 is 4.51. The molecule has 0 aliphatic heterocycles. The molecule has 0 aliphatic carbocycles. The van der Waals surface area contributed by atoms with Crippen LogP contribution in [-0.2, 0) is 16.1 Å². The predicted octanol–water partition coefficient (Wildman–Crippen LogP) is 0.828. The van der Waals surface area contributed by atoms with Gasteiger partial charge in [-0.3, -0.25) is 9.59 Å². The number of hydrogen-bond donors (Lipinski definition) is 2. The van der Waals surface area contributed by atoms with Crippen LogP contribution >= 0.6 is 0 Å². The van der Waals surface area contributed by atoms with E-state index in [2.05, 4.69) is 10.1 Å². The number of rotatable bonds is 6. The molecule has 0 unspecified atom stereocenters. The highest BCUT2D eigenvalue weighted by atomic mass is 16.5. The number of carbonyl (C=O) groups excluding carboxylic acids is 2. The van der Waals surface area contributed by atoms with Crippen molar-refractivity contribution >= 4 is 11.9 Å². The van der Waals surface area contributed by atoms with Gasteiger partial charge in [0.1, 0.15) is 0 Å². The maximum absolute atomic E-state index is 11.9. The van der Waals surface area contributed by atoms with Gasteiger partial charge in [-0.1, -0.05) is 18.2 Å². The molecule has 0 spiro atoms. The van der Waals surface area contributed by atoms with Crippen LogP contribution in [0.2, 0.25) is 0 Å². The second-order valence-electron chi connectivity index (χ2n) is 3.80. The molecule has 0 saturated carbocycles. The maximum Gasteiger partial charge on any atom is 0.305 e. The Morgan fingerprint density at radius 1 is 1.33 bits per heavy atom. The van der Waals surface area contributed by atoms with Crippen molar-refractivity contribution in [3.8, 4) is 0 Å². The number of nitrogens with two attached hydrogens (primary N) is 1. The topological polar surface area (TPSA) is 81.4 Å². The Morgan fingerprint density at radius 2 is 2.06 bits per heavy atom. The molecule has 0 atom stereocenters. The molecule has 0 aromatic heterocycles. The average molecular weight is 250 g/mol. The van der Waals surface area contributed by atoms with E-state index in [-0.39, 0.29) is 11.9 Å². The fraction of sp³-hybridized carbons (Fsp3) is 0.385. The van der Waals surface area contributed by atoms with Crippen molar-refractivity contribution in [3.05, 3.63) is 35.4 Å². The average Bonchev–Trinajstić information content (AvgIpc) is 2.42. The van der Waals surface area contributed by atoms with Gasteiger partial charge in [0.25, 0.3) is 5.91 Å². The number of benzene rings is 1. The summed E-state index contributed by atoms with van der Waals surface area (Å²) in [6.45, 7) is 0.762. The third-order valence-corrected chi connectivity index (χ3v) is 2.55. The van der Waals surface area contributed by atoms with Crippen LogP contribution in [0.4, 0.5) is 0 Å². The highest BCUT2D eigenvalue weighted by Gasteiger charge is 2.09. The van der Waals surface area contributed by atoms with Crippen LogP contribution in [0, 0.1) is 0 Å². The lowest BCUT2D eigenvalue weighted by molar-refractivity contribution is -0.140. The summed E-state index contributed by atoms with van der Waals surface area (Å²) in [4.78, 5) is 22.7. The van der Waals surface area contributed by atoms with Crippen LogP contribution in [0.1, 0.15) is 28.8 Å². The van der Waals surface area contributed by atoms with Gasteiger partial charge in [-0.15, -0.1) is 0 Å². The van der Waals surface area contributed by atoms with Crippen LogP contribution in [0.3, 0.4) is 0 Å². The largest absolute Gasteiger partial charge is 0.469 e. The number of esters is 1. The molecule has 5 nitrogen and oxygen atoms in total. The van der Waals surface area contributed by atoms with E-state index in [1.54, 1.807) is 12.1 Å². The van der Waals surface area contributed by atoms with Crippen molar-refractivity contribution in [2.75, 3.05) is 13.7 Å². The van der Waals surface area contributed by atoms with Crippen molar-refractivity contribution in [2.45, 2.75) is 19.4 Å². The minimum absolute atomic E-state index is 0.166. The molecule has 1 amide bonds. The van der Waals surface area contributed by atoms with Crippen LogP contribution < -0.4 is 11.1 Å². The molecule has 0 radical (unpaired) electrons. The normalized spacial score (nSPS) is 9.89. The van der Waals surface area contributed by atoms with Crippen molar-refractivity contribution in [1.29, 1.82) is 0 Å². The van der Waals surface area contributed by atoms with Gasteiger partial charge in [0, 0.05) is 25.1 Å². The molecule has 0 aliphatic rings. The number of nitrogens with one attached hydrogen (secondary N) is 1. The van der Waals surface area contributed by atoms with Crippen LogP contribution in [-0.4, -0.2) is 25.5 Å². The van der Waals surface area contributed by atoms with Crippen LogP contribution in [0.5, 0.6) is 0 Å². The summed E-state index contributed by atoms with van der Waals surface area (Å²) in [6, 6.07) is 7.19. The number of ether oxygens (including phenoxy) is 1. The van der Waals surface area contributed by atoms with Gasteiger partial charge in [0.2, 0.25) is 0 Å². The molecule has 1 rings (SSSR count). The Kier molecular flexibility index (Phi) is 5.87. The SMILES string of the molecule is COC(=O)CCCNC(=O)c1ccccc1CN. The lowest BCUT2D eigenvalue weighted by Crippen LogP contribution is -2.26. The third kappa shape index (κ3) is 4.18. The zero-order valence-electron chi connectivity index (χ0n) is 10.4. The van der Waals surface area contributed by atoms with E-state index in [1.807, 2.05) is 12.1 Å². The van der Waals surface area contributed by atoms with Gasteiger partial charge in [-0.2, -0.15) is 0 Å². The van der Waals surface area contributed by atoms with E-state index in [9.17, 15) is 9.59 Å². The predicted molar refractivity (Wildman–Crippen MR) is 67.9 cm³/mol. The molecule has 1 aromatic carbocycles. The molecule has 3 N–H and O–H groups in total. The van der Waals surface area contributed by atoms with Gasteiger partial charge >= 0.3 is 5.97 Å². The Labute approximate surface area is 106 Å². The Morgan fingerprint density at radius 3 is 2.72 bits per heavy atom. The molecule has 0 bridgehead atoms. The van der Waals surface area contributed by atoms with E-state index in [4.69, 9.17) is 5.73 Å². The Balaban J connectivity index is 2.43. The summed E-state index contributed by atoms with van der Waals surface area (Å²) in [6.07, 6.45) is 0.860.